The highest BCUT2D eigenvalue weighted by Crippen LogP contribution is 2.57. The first-order valence-electron chi connectivity index (χ1n) is 11.8. The third-order valence-corrected chi connectivity index (χ3v) is 7.62. The smallest absolute Gasteiger partial charge is 0.240 e. The molecule has 178 valence electrons. The Hall–Kier alpha value is -4.24. The van der Waals surface area contributed by atoms with Gasteiger partial charge in [0.1, 0.15) is 5.75 Å². The van der Waals surface area contributed by atoms with Gasteiger partial charge in [0.2, 0.25) is 11.8 Å². The summed E-state index contributed by atoms with van der Waals surface area (Å²) in [5.74, 6) is -1.66. The normalized spacial score (nSPS) is 28.2. The summed E-state index contributed by atoms with van der Waals surface area (Å²) in [5, 5.41) is 30.4. The molecule has 0 aliphatic carbocycles. The number of hydrogen-bond acceptors (Lipinski definition) is 7. The van der Waals surface area contributed by atoms with Crippen molar-refractivity contribution in [3.63, 3.8) is 0 Å². The minimum Gasteiger partial charge on any atom is -0.493 e. The van der Waals surface area contributed by atoms with E-state index in [0.717, 1.165) is 0 Å². The van der Waals surface area contributed by atoms with Crippen molar-refractivity contribution in [1.29, 1.82) is 10.5 Å². The van der Waals surface area contributed by atoms with Crippen molar-refractivity contribution in [2.24, 2.45) is 11.8 Å². The van der Waals surface area contributed by atoms with Crippen LogP contribution in [-0.4, -0.2) is 41.3 Å². The number of benzene rings is 3. The molecule has 0 radical (unpaired) electrons. The number of anilines is 1. The number of hydrogen-bond donors (Lipinski definition) is 1. The van der Waals surface area contributed by atoms with Crippen LogP contribution < -0.4 is 9.64 Å². The molecule has 8 heteroatoms. The largest absolute Gasteiger partial charge is 0.493 e. The molecule has 3 heterocycles. The molecule has 5 atom stereocenters. The molecule has 3 fully saturated rings. The van der Waals surface area contributed by atoms with Crippen LogP contribution in [0.15, 0.2) is 60.7 Å². The number of aliphatic hydroxyl groups excluding tert-OH is 1. The Morgan fingerprint density at radius 1 is 1.00 bits per heavy atom. The SMILES string of the molecule is N#Cc1ccc(OCC[C@]23C[C@H](O)[C@H](O2)[C@@H]2C(=O)N(c4ccc(C#N)c5ccccc45)C(=O)[C@@H]23)cc1. The first-order valence-corrected chi connectivity index (χ1v) is 11.8. The topological polar surface area (TPSA) is 124 Å². The van der Waals surface area contributed by atoms with E-state index >= 15 is 0 Å². The number of nitriles is 2. The molecule has 2 amide bonds. The molecular formula is C28H21N3O5. The number of imide groups is 1. The third-order valence-electron chi connectivity index (χ3n) is 7.62. The van der Waals surface area contributed by atoms with E-state index in [0.29, 0.717) is 39.8 Å². The Balaban J connectivity index is 1.31. The zero-order valence-corrected chi connectivity index (χ0v) is 19.1. The van der Waals surface area contributed by atoms with E-state index in [4.69, 9.17) is 14.7 Å². The molecule has 0 saturated carbocycles. The quantitative estimate of drug-likeness (QED) is 0.558. The second kappa shape index (κ2) is 8.17. The Morgan fingerprint density at radius 2 is 1.75 bits per heavy atom. The summed E-state index contributed by atoms with van der Waals surface area (Å²) >= 11 is 0. The number of fused-ring (bicyclic) bond motifs is 6. The fraction of sp³-hybridized carbons (Fsp3) is 0.286. The fourth-order valence-electron chi connectivity index (χ4n) is 6.05. The van der Waals surface area contributed by atoms with Gasteiger partial charge in [-0.25, -0.2) is 4.90 Å². The highest BCUT2D eigenvalue weighted by atomic mass is 16.5. The van der Waals surface area contributed by atoms with Gasteiger partial charge >= 0.3 is 0 Å². The lowest BCUT2D eigenvalue weighted by Crippen LogP contribution is -2.45. The number of amides is 2. The van der Waals surface area contributed by atoms with E-state index < -0.39 is 35.6 Å². The van der Waals surface area contributed by atoms with Gasteiger partial charge in [-0.05, 0) is 36.4 Å². The minimum absolute atomic E-state index is 0.218. The van der Waals surface area contributed by atoms with Gasteiger partial charge < -0.3 is 14.6 Å². The first-order chi connectivity index (χ1) is 17.5. The number of ether oxygens (including phenoxy) is 2. The standard InChI is InChI=1S/C28H21N3O5/c29-14-16-5-8-18(9-6-16)35-12-11-28-13-22(32)25(36-28)23-24(28)27(34)31(26(23)33)21-10-7-17(15-30)19-3-1-2-4-20(19)21/h1-10,22-25,32H,11-13H2/t22-,23+,24+,25-,28+/m0/s1. The zero-order valence-electron chi connectivity index (χ0n) is 19.1. The summed E-state index contributed by atoms with van der Waals surface area (Å²) in [5.41, 5.74) is 0.413. The number of nitrogens with zero attached hydrogens (tertiary/aromatic N) is 3. The Bertz CT molecular complexity index is 1490. The fourth-order valence-corrected chi connectivity index (χ4v) is 6.05. The van der Waals surface area contributed by atoms with Gasteiger partial charge in [0.15, 0.2) is 0 Å². The second-order valence-corrected chi connectivity index (χ2v) is 9.46. The van der Waals surface area contributed by atoms with Crippen molar-refractivity contribution < 1.29 is 24.2 Å². The summed E-state index contributed by atoms with van der Waals surface area (Å²) in [6.07, 6.45) is -1.04. The number of carbonyl (C=O) groups is 2. The minimum atomic E-state index is -1.01. The number of rotatable bonds is 5. The van der Waals surface area contributed by atoms with Crippen LogP contribution in [0.5, 0.6) is 5.75 Å². The predicted molar refractivity (Wildman–Crippen MR) is 128 cm³/mol. The predicted octanol–water partition coefficient (Wildman–Crippen LogP) is 3.06. The molecule has 0 aromatic heterocycles. The molecular weight excluding hydrogens is 458 g/mol. The maximum absolute atomic E-state index is 13.8. The summed E-state index contributed by atoms with van der Waals surface area (Å²) in [7, 11) is 0. The van der Waals surface area contributed by atoms with E-state index in [2.05, 4.69) is 12.1 Å². The molecule has 36 heavy (non-hydrogen) atoms. The molecule has 3 saturated heterocycles. The van der Waals surface area contributed by atoms with Gasteiger partial charge in [0.05, 0.1) is 65.2 Å². The van der Waals surface area contributed by atoms with Gasteiger partial charge in [0, 0.05) is 23.6 Å². The highest BCUT2D eigenvalue weighted by Gasteiger charge is 2.72. The van der Waals surface area contributed by atoms with Crippen LogP contribution in [0.3, 0.4) is 0 Å². The molecule has 2 bridgehead atoms. The van der Waals surface area contributed by atoms with E-state index in [1.807, 2.05) is 6.07 Å². The number of carbonyl (C=O) groups excluding carboxylic acids is 2. The Morgan fingerprint density at radius 3 is 2.47 bits per heavy atom. The molecule has 3 aromatic rings. The van der Waals surface area contributed by atoms with Crippen LogP contribution in [0.25, 0.3) is 10.8 Å². The molecule has 3 aliphatic heterocycles. The number of aliphatic hydroxyl groups is 1. The average Bonchev–Trinajstić information content (AvgIpc) is 3.50. The molecule has 0 spiro atoms. The third kappa shape index (κ3) is 3.12. The maximum atomic E-state index is 13.8. The van der Waals surface area contributed by atoms with Crippen LogP contribution >= 0.6 is 0 Å². The van der Waals surface area contributed by atoms with Crippen molar-refractivity contribution >= 4 is 28.3 Å². The average molecular weight is 479 g/mol. The van der Waals surface area contributed by atoms with Crippen LogP contribution in [-0.2, 0) is 14.3 Å². The Labute approximate surface area is 206 Å². The van der Waals surface area contributed by atoms with Crippen molar-refractivity contribution in [3.8, 4) is 17.9 Å². The van der Waals surface area contributed by atoms with Crippen LogP contribution in [0, 0.1) is 34.5 Å². The summed E-state index contributed by atoms with van der Waals surface area (Å²) < 4.78 is 12.0. The lowest BCUT2D eigenvalue weighted by atomic mass is 9.70. The zero-order chi connectivity index (χ0) is 25.0. The van der Waals surface area contributed by atoms with E-state index in [9.17, 15) is 20.0 Å². The first kappa shape index (κ1) is 22.2. The molecule has 3 aliphatic rings. The van der Waals surface area contributed by atoms with Gasteiger partial charge in [-0.3, -0.25) is 9.59 Å². The van der Waals surface area contributed by atoms with Crippen LogP contribution in [0.4, 0.5) is 5.69 Å². The van der Waals surface area contributed by atoms with Gasteiger partial charge in [-0.1, -0.05) is 24.3 Å². The van der Waals surface area contributed by atoms with Gasteiger partial charge in [0.25, 0.3) is 0 Å². The van der Waals surface area contributed by atoms with Crippen LogP contribution in [0.2, 0.25) is 0 Å². The van der Waals surface area contributed by atoms with Crippen molar-refractivity contribution in [1.82, 2.24) is 0 Å². The van der Waals surface area contributed by atoms with Crippen LogP contribution in [0.1, 0.15) is 24.0 Å². The van der Waals surface area contributed by atoms with Crippen molar-refractivity contribution in [2.45, 2.75) is 30.7 Å². The monoisotopic (exact) mass is 479 g/mol. The highest BCUT2D eigenvalue weighted by molar-refractivity contribution is 6.26. The lowest BCUT2D eigenvalue weighted by molar-refractivity contribution is -0.128. The summed E-state index contributed by atoms with van der Waals surface area (Å²) in [6, 6.07) is 21.4. The van der Waals surface area contributed by atoms with Crippen molar-refractivity contribution in [2.75, 3.05) is 11.5 Å². The second-order valence-electron chi connectivity index (χ2n) is 9.46. The van der Waals surface area contributed by atoms with Crippen molar-refractivity contribution in [3.05, 3.63) is 71.8 Å². The molecule has 0 unspecified atom stereocenters. The van der Waals surface area contributed by atoms with E-state index in [1.54, 1.807) is 54.6 Å². The summed E-state index contributed by atoms with van der Waals surface area (Å²) in [6.45, 7) is 0.218. The summed E-state index contributed by atoms with van der Waals surface area (Å²) in [4.78, 5) is 28.6. The maximum Gasteiger partial charge on any atom is 0.240 e. The lowest BCUT2D eigenvalue weighted by Gasteiger charge is -2.32. The molecule has 3 aromatic carbocycles. The molecule has 1 N–H and O–H groups in total. The Kier molecular flexibility index (Phi) is 5.04. The van der Waals surface area contributed by atoms with E-state index in [-0.39, 0.29) is 18.9 Å². The van der Waals surface area contributed by atoms with Gasteiger partial charge in [-0.2, -0.15) is 10.5 Å². The van der Waals surface area contributed by atoms with Gasteiger partial charge in [-0.15, -0.1) is 0 Å². The molecule has 6 rings (SSSR count). The van der Waals surface area contributed by atoms with E-state index in [1.165, 1.54) is 4.90 Å². The molecule has 8 nitrogen and oxygen atoms in total.